The van der Waals surface area contributed by atoms with Crippen molar-refractivity contribution >= 4 is 21.8 Å². The molecule has 94 valence electrons. The van der Waals surface area contributed by atoms with E-state index in [2.05, 4.69) is 15.9 Å². The van der Waals surface area contributed by atoms with Crippen LogP contribution in [-0.2, 0) is 16.5 Å². The zero-order valence-electron chi connectivity index (χ0n) is 8.85. The third-order valence-corrected chi connectivity index (χ3v) is 2.68. The molecule has 1 amide bonds. The molecule has 17 heavy (non-hydrogen) atoms. The molecule has 1 aromatic carbocycles. The summed E-state index contributed by atoms with van der Waals surface area (Å²) in [6.45, 7) is -1.29. The predicted molar refractivity (Wildman–Crippen MR) is 61.8 cm³/mol. The van der Waals surface area contributed by atoms with Crippen LogP contribution in [-0.4, -0.2) is 18.6 Å². The fraction of sp³-hybridized carbons (Fsp3) is 0.364. The number of amides is 1. The molecular formula is C11H11BrF3NO. The molecule has 0 aliphatic rings. The van der Waals surface area contributed by atoms with Gasteiger partial charge in [-0.05, 0) is 11.1 Å². The van der Waals surface area contributed by atoms with Gasteiger partial charge in [-0.3, -0.25) is 4.79 Å². The van der Waals surface area contributed by atoms with Gasteiger partial charge in [0.2, 0.25) is 5.91 Å². The Kier molecular flexibility index (Phi) is 4.99. The summed E-state index contributed by atoms with van der Waals surface area (Å²) in [4.78, 5) is 11.2. The van der Waals surface area contributed by atoms with Crippen molar-refractivity contribution in [1.29, 1.82) is 0 Å². The van der Waals surface area contributed by atoms with Crippen LogP contribution in [0.25, 0.3) is 0 Å². The molecule has 0 aliphatic carbocycles. The van der Waals surface area contributed by atoms with Crippen LogP contribution in [0.15, 0.2) is 24.3 Å². The Morgan fingerprint density at radius 3 is 2.18 bits per heavy atom. The predicted octanol–water partition coefficient (Wildman–Crippen LogP) is 2.80. The van der Waals surface area contributed by atoms with E-state index < -0.39 is 18.6 Å². The van der Waals surface area contributed by atoms with Crippen LogP contribution < -0.4 is 5.32 Å². The maximum Gasteiger partial charge on any atom is 0.405 e. The fourth-order valence-corrected chi connectivity index (χ4v) is 1.57. The van der Waals surface area contributed by atoms with Gasteiger partial charge in [0.1, 0.15) is 6.54 Å². The summed E-state index contributed by atoms with van der Waals surface area (Å²) in [5, 5.41) is 2.53. The number of halogens is 4. The zero-order chi connectivity index (χ0) is 12.9. The average molecular weight is 310 g/mol. The van der Waals surface area contributed by atoms with Crippen molar-refractivity contribution in [3.63, 3.8) is 0 Å². The Labute approximate surface area is 105 Å². The van der Waals surface area contributed by atoms with Crippen molar-refractivity contribution < 1.29 is 18.0 Å². The molecule has 0 spiro atoms. The van der Waals surface area contributed by atoms with Gasteiger partial charge in [0.15, 0.2) is 0 Å². The number of carbonyl (C=O) groups excluding carboxylic acids is 1. The van der Waals surface area contributed by atoms with Gasteiger partial charge in [-0.15, -0.1) is 0 Å². The van der Waals surface area contributed by atoms with Gasteiger partial charge in [0.25, 0.3) is 0 Å². The second-order valence-corrected chi connectivity index (χ2v) is 4.08. The Hall–Kier alpha value is -1.04. The van der Waals surface area contributed by atoms with E-state index in [1.54, 1.807) is 12.1 Å². The summed E-state index contributed by atoms with van der Waals surface area (Å²) < 4.78 is 35.5. The average Bonchev–Trinajstić information content (AvgIpc) is 2.27. The van der Waals surface area contributed by atoms with Crippen LogP contribution in [0.2, 0.25) is 0 Å². The first kappa shape index (κ1) is 14.0. The molecule has 1 rings (SSSR count). The highest BCUT2D eigenvalue weighted by Gasteiger charge is 2.27. The largest absolute Gasteiger partial charge is 0.405 e. The van der Waals surface area contributed by atoms with Crippen LogP contribution >= 0.6 is 15.9 Å². The van der Waals surface area contributed by atoms with Crippen LogP contribution in [0.3, 0.4) is 0 Å². The van der Waals surface area contributed by atoms with Gasteiger partial charge in [-0.1, -0.05) is 40.2 Å². The summed E-state index contributed by atoms with van der Waals surface area (Å²) in [6, 6.07) is 7.09. The molecule has 1 aromatic rings. The standard InChI is InChI=1S/C11H11BrF3NO/c12-6-9-3-1-8(2-4-9)5-10(17)16-7-11(13,14)15/h1-4H,5-7H2,(H,16,17). The highest BCUT2D eigenvalue weighted by molar-refractivity contribution is 9.08. The van der Waals surface area contributed by atoms with Crippen LogP contribution in [0.1, 0.15) is 11.1 Å². The molecule has 0 aliphatic heterocycles. The first-order chi connectivity index (χ1) is 7.90. The first-order valence-electron chi connectivity index (χ1n) is 4.88. The normalized spacial score (nSPS) is 11.3. The zero-order valence-corrected chi connectivity index (χ0v) is 10.4. The van der Waals surface area contributed by atoms with Crippen LogP contribution in [0, 0.1) is 0 Å². The maximum atomic E-state index is 11.8. The number of hydrogen-bond donors (Lipinski definition) is 1. The van der Waals surface area contributed by atoms with Crippen LogP contribution in [0.5, 0.6) is 0 Å². The lowest BCUT2D eigenvalue weighted by molar-refractivity contribution is -0.138. The van der Waals surface area contributed by atoms with E-state index in [9.17, 15) is 18.0 Å². The quantitative estimate of drug-likeness (QED) is 0.851. The Morgan fingerprint density at radius 1 is 1.18 bits per heavy atom. The third-order valence-electron chi connectivity index (χ3n) is 2.03. The van der Waals surface area contributed by atoms with Gasteiger partial charge in [0, 0.05) is 5.33 Å². The van der Waals surface area contributed by atoms with Crippen molar-refractivity contribution in [2.24, 2.45) is 0 Å². The molecule has 0 atom stereocenters. The molecular weight excluding hydrogens is 299 g/mol. The molecule has 2 nitrogen and oxygen atoms in total. The first-order valence-corrected chi connectivity index (χ1v) is 6.00. The van der Waals surface area contributed by atoms with Crippen molar-refractivity contribution in [2.45, 2.75) is 17.9 Å². The van der Waals surface area contributed by atoms with Gasteiger partial charge < -0.3 is 5.32 Å². The lowest BCUT2D eigenvalue weighted by atomic mass is 10.1. The number of hydrogen-bond acceptors (Lipinski definition) is 1. The van der Waals surface area contributed by atoms with E-state index in [0.717, 1.165) is 5.56 Å². The monoisotopic (exact) mass is 309 g/mol. The van der Waals surface area contributed by atoms with Gasteiger partial charge in [-0.2, -0.15) is 13.2 Å². The molecule has 0 fully saturated rings. The molecule has 0 saturated heterocycles. The van der Waals surface area contributed by atoms with Crippen molar-refractivity contribution in [2.75, 3.05) is 6.54 Å². The summed E-state index contributed by atoms with van der Waals surface area (Å²) in [5.41, 5.74) is 1.74. The van der Waals surface area contributed by atoms with Crippen LogP contribution in [0.4, 0.5) is 13.2 Å². The summed E-state index contributed by atoms with van der Waals surface area (Å²) in [5.74, 6) is -0.631. The Balaban J connectivity index is 2.45. The number of carbonyl (C=O) groups is 1. The highest BCUT2D eigenvalue weighted by atomic mass is 79.9. The molecule has 0 aromatic heterocycles. The van der Waals surface area contributed by atoms with E-state index in [1.165, 1.54) is 0 Å². The number of nitrogens with one attached hydrogen (secondary N) is 1. The second kappa shape index (κ2) is 6.05. The Bertz CT molecular complexity index is 375. The van der Waals surface area contributed by atoms with E-state index in [4.69, 9.17) is 0 Å². The molecule has 0 unspecified atom stereocenters. The topological polar surface area (TPSA) is 29.1 Å². The van der Waals surface area contributed by atoms with Gasteiger partial charge in [-0.25, -0.2) is 0 Å². The third kappa shape index (κ3) is 5.72. The SMILES string of the molecule is O=C(Cc1ccc(CBr)cc1)NCC(F)(F)F. The van der Waals surface area contributed by atoms with Gasteiger partial charge >= 0.3 is 6.18 Å². The smallest absolute Gasteiger partial charge is 0.347 e. The number of rotatable bonds is 4. The molecule has 0 radical (unpaired) electrons. The summed E-state index contributed by atoms with van der Waals surface area (Å²) >= 11 is 3.28. The van der Waals surface area contributed by atoms with E-state index >= 15 is 0 Å². The summed E-state index contributed by atoms with van der Waals surface area (Å²) in [6.07, 6.45) is -4.41. The molecule has 0 saturated carbocycles. The second-order valence-electron chi connectivity index (χ2n) is 3.52. The minimum Gasteiger partial charge on any atom is -0.347 e. The Morgan fingerprint density at radius 2 is 1.71 bits per heavy atom. The lowest BCUT2D eigenvalue weighted by Gasteiger charge is -2.08. The van der Waals surface area contributed by atoms with Gasteiger partial charge in [0.05, 0.1) is 6.42 Å². The van der Waals surface area contributed by atoms with Crippen molar-refractivity contribution in [3.05, 3.63) is 35.4 Å². The summed E-state index contributed by atoms with van der Waals surface area (Å²) in [7, 11) is 0. The number of alkyl halides is 4. The number of benzene rings is 1. The van der Waals surface area contributed by atoms with E-state index in [0.29, 0.717) is 10.9 Å². The highest BCUT2D eigenvalue weighted by Crippen LogP contribution is 2.12. The minimum atomic E-state index is -4.37. The van der Waals surface area contributed by atoms with E-state index in [1.807, 2.05) is 17.4 Å². The molecule has 0 bridgehead atoms. The van der Waals surface area contributed by atoms with E-state index in [-0.39, 0.29) is 6.42 Å². The fourth-order valence-electron chi connectivity index (χ4n) is 1.19. The van der Waals surface area contributed by atoms with Crippen molar-refractivity contribution in [1.82, 2.24) is 5.32 Å². The lowest BCUT2D eigenvalue weighted by Crippen LogP contribution is -2.34. The molecule has 1 N–H and O–H groups in total. The molecule has 0 heterocycles. The molecule has 6 heteroatoms. The van der Waals surface area contributed by atoms with Crippen molar-refractivity contribution in [3.8, 4) is 0 Å². The minimum absolute atomic E-state index is 0.0430. The maximum absolute atomic E-state index is 11.8.